The monoisotopic (exact) mass is 376 g/mol. The van der Waals surface area contributed by atoms with E-state index in [1.807, 2.05) is 47.1 Å². The van der Waals surface area contributed by atoms with Gasteiger partial charge in [-0.1, -0.05) is 30.3 Å². The van der Waals surface area contributed by atoms with Gasteiger partial charge in [-0.15, -0.1) is 10.2 Å². The lowest BCUT2D eigenvalue weighted by molar-refractivity contribution is 0.841. The maximum atomic E-state index is 4.81. The molecule has 0 aliphatic heterocycles. The van der Waals surface area contributed by atoms with Gasteiger partial charge in [0, 0.05) is 28.9 Å². The smallest absolute Gasteiger partial charge is 0.177 e. The topological polar surface area (TPSA) is 71.8 Å². The third-order valence-corrected chi connectivity index (χ3v) is 5.16. The first-order valence-electron chi connectivity index (χ1n) is 9.47. The number of nitrogens with one attached hydrogen (secondary N) is 1. The molecule has 0 bridgehead atoms. The van der Waals surface area contributed by atoms with E-state index < -0.39 is 0 Å². The van der Waals surface area contributed by atoms with Crippen molar-refractivity contribution in [1.82, 2.24) is 29.8 Å². The predicted molar refractivity (Wildman–Crippen MR) is 113 cm³/mol. The van der Waals surface area contributed by atoms with Crippen LogP contribution in [0.1, 0.15) is 11.4 Å². The summed E-state index contributed by atoms with van der Waals surface area (Å²) >= 11 is 0. The van der Waals surface area contributed by atoms with E-state index >= 15 is 0 Å². The Hall–Kier alpha value is -4.06. The Balaban J connectivity index is 1.41. The number of aromatic nitrogens is 6. The lowest BCUT2D eigenvalue weighted by atomic mass is 10.1. The Morgan fingerprint density at radius 1 is 0.828 bits per heavy atom. The normalized spacial score (nSPS) is 11.6. The zero-order valence-electron chi connectivity index (χ0n) is 15.4. The molecule has 6 heteroatoms. The number of pyridine rings is 1. The van der Waals surface area contributed by atoms with Crippen molar-refractivity contribution in [2.75, 3.05) is 0 Å². The quantitative estimate of drug-likeness (QED) is 0.497. The Bertz CT molecular complexity index is 1460. The summed E-state index contributed by atoms with van der Waals surface area (Å²) in [5.74, 6) is 0.807. The van der Waals surface area contributed by atoms with Crippen molar-refractivity contribution in [1.29, 1.82) is 0 Å². The molecule has 2 aromatic carbocycles. The first-order valence-corrected chi connectivity index (χ1v) is 9.47. The van der Waals surface area contributed by atoms with Gasteiger partial charge in [0.1, 0.15) is 5.69 Å². The maximum Gasteiger partial charge on any atom is 0.177 e. The van der Waals surface area contributed by atoms with E-state index in [-0.39, 0.29) is 0 Å². The summed E-state index contributed by atoms with van der Waals surface area (Å²) < 4.78 is 1.83. The highest BCUT2D eigenvalue weighted by molar-refractivity contribution is 5.85. The summed E-state index contributed by atoms with van der Waals surface area (Å²) in [5.41, 5.74) is 5.81. The fourth-order valence-electron chi connectivity index (χ4n) is 3.72. The SMILES string of the molecule is c1cnc2ccc(Cc3nnc4ccc(-c5cc6ccccc6[nH]5)nn34)cc2c1. The average molecular weight is 376 g/mol. The number of para-hydroxylation sites is 1. The van der Waals surface area contributed by atoms with Gasteiger partial charge in [0.05, 0.1) is 11.2 Å². The van der Waals surface area contributed by atoms with Gasteiger partial charge >= 0.3 is 0 Å². The highest BCUT2D eigenvalue weighted by atomic mass is 15.4. The highest BCUT2D eigenvalue weighted by Crippen LogP contribution is 2.23. The lowest BCUT2D eigenvalue weighted by Gasteiger charge is -2.04. The molecular formula is C23H16N6. The second-order valence-electron chi connectivity index (χ2n) is 7.08. The van der Waals surface area contributed by atoms with Crippen molar-refractivity contribution in [3.63, 3.8) is 0 Å². The van der Waals surface area contributed by atoms with Crippen LogP contribution in [0.3, 0.4) is 0 Å². The summed E-state index contributed by atoms with van der Waals surface area (Å²) in [6, 6.07) is 24.5. The van der Waals surface area contributed by atoms with Gasteiger partial charge in [0.25, 0.3) is 0 Å². The molecule has 6 aromatic rings. The van der Waals surface area contributed by atoms with Crippen LogP contribution < -0.4 is 0 Å². The van der Waals surface area contributed by atoms with Crippen LogP contribution in [0.2, 0.25) is 0 Å². The molecule has 0 spiro atoms. The standard InChI is InChI=1S/C23H16N6/c1-2-6-19-17(4-1)14-21(25-19)20-9-10-22-26-27-23(29(22)28-20)13-15-7-8-18-16(12-15)5-3-11-24-18/h1-12,14,25H,13H2. The van der Waals surface area contributed by atoms with Gasteiger partial charge in [0.15, 0.2) is 11.5 Å². The molecule has 0 saturated heterocycles. The Kier molecular flexibility index (Phi) is 3.43. The minimum Gasteiger partial charge on any atom is -0.353 e. The van der Waals surface area contributed by atoms with Crippen LogP contribution in [-0.4, -0.2) is 29.8 Å². The summed E-state index contributed by atoms with van der Waals surface area (Å²) in [7, 11) is 0. The number of benzene rings is 2. The molecule has 0 fully saturated rings. The highest BCUT2D eigenvalue weighted by Gasteiger charge is 2.11. The Labute approximate surface area is 165 Å². The minimum absolute atomic E-state index is 0.648. The van der Waals surface area contributed by atoms with Crippen LogP contribution in [0, 0.1) is 0 Å². The molecule has 4 heterocycles. The summed E-state index contributed by atoms with van der Waals surface area (Å²) in [5, 5.41) is 15.7. The van der Waals surface area contributed by atoms with Gasteiger partial charge in [-0.2, -0.15) is 9.61 Å². The zero-order valence-corrected chi connectivity index (χ0v) is 15.4. The van der Waals surface area contributed by atoms with Crippen molar-refractivity contribution in [3.05, 3.63) is 90.4 Å². The fraction of sp³-hybridized carbons (Fsp3) is 0.0435. The summed E-state index contributed by atoms with van der Waals surface area (Å²) in [6.07, 6.45) is 2.46. The predicted octanol–water partition coefficient (Wildman–Crippen LogP) is 4.41. The van der Waals surface area contributed by atoms with Gasteiger partial charge in [-0.3, -0.25) is 4.98 Å². The third kappa shape index (κ3) is 2.73. The third-order valence-electron chi connectivity index (χ3n) is 5.16. The van der Waals surface area contributed by atoms with Crippen LogP contribution in [0.15, 0.2) is 79.0 Å². The number of hydrogen-bond acceptors (Lipinski definition) is 4. The molecule has 0 saturated carbocycles. The van der Waals surface area contributed by atoms with Gasteiger partial charge in [0.2, 0.25) is 0 Å². The Morgan fingerprint density at radius 2 is 1.76 bits per heavy atom. The molecule has 1 N–H and O–H groups in total. The largest absolute Gasteiger partial charge is 0.353 e. The second-order valence-corrected chi connectivity index (χ2v) is 7.08. The van der Waals surface area contributed by atoms with Crippen LogP contribution >= 0.6 is 0 Å². The number of rotatable bonds is 3. The van der Waals surface area contributed by atoms with E-state index in [4.69, 9.17) is 5.10 Å². The van der Waals surface area contributed by atoms with Crippen LogP contribution in [-0.2, 0) is 6.42 Å². The van der Waals surface area contributed by atoms with E-state index in [2.05, 4.69) is 56.6 Å². The molecule has 0 radical (unpaired) electrons. The fourth-order valence-corrected chi connectivity index (χ4v) is 3.72. The average Bonchev–Trinajstić information content (AvgIpc) is 3.37. The minimum atomic E-state index is 0.648. The number of nitrogens with zero attached hydrogens (tertiary/aromatic N) is 5. The van der Waals surface area contributed by atoms with Crippen molar-refractivity contribution in [2.45, 2.75) is 6.42 Å². The first-order chi connectivity index (χ1) is 14.3. The first kappa shape index (κ1) is 15.9. The van der Waals surface area contributed by atoms with Crippen LogP contribution in [0.4, 0.5) is 0 Å². The van der Waals surface area contributed by atoms with E-state index in [9.17, 15) is 0 Å². The second kappa shape index (κ2) is 6.24. The van der Waals surface area contributed by atoms with Crippen molar-refractivity contribution in [3.8, 4) is 11.4 Å². The van der Waals surface area contributed by atoms with E-state index in [1.165, 1.54) is 0 Å². The molecule has 6 rings (SSSR count). The lowest BCUT2D eigenvalue weighted by Crippen LogP contribution is -2.01. The van der Waals surface area contributed by atoms with Crippen molar-refractivity contribution in [2.24, 2.45) is 0 Å². The number of hydrogen-bond donors (Lipinski definition) is 1. The molecule has 29 heavy (non-hydrogen) atoms. The molecule has 0 unspecified atom stereocenters. The summed E-state index contributed by atoms with van der Waals surface area (Å²) in [4.78, 5) is 7.82. The maximum absolute atomic E-state index is 4.81. The van der Waals surface area contributed by atoms with Crippen LogP contribution in [0.5, 0.6) is 0 Å². The molecule has 0 amide bonds. The van der Waals surface area contributed by atoms with Gasteiger partial charge in [-0.25, -0.2) is 0 Å². The Morgan fingerprint density at radius 3 is 2.72 bits per heavy atom. The van der Waals surface area contributed by atoms with E-state index in [1.54, 1.807) is 0 Å². The summed E-state index contributed by atoms with van der Waals surface area (Å²) in [6.45, 7) is 0. The molecular weight excluding hydrogens is 360 g/mol. The van der Waals surface area contributed by atoms with Crippen molar-refractivity contribution >= 4 is 27.5 Å². The van der Waals surface area contributed by atoms with Gasteiger partial charge < -0.3 is 4.98 Å². The number of aromatic amines is 1. The van der Waals surface area contributed by atoms with Crippen molar-refractivity contribution < 1.29 is 0 Å². The van der Waals surface area contributed by atoms with Crippen LogP contribution in [0.25, 0.3) is 38.8 Å². The van der Waals surface area contributed by atoms with E-state index in [0.717, 1.165) is 50.2 Å². The molecule has 138 valence electrons. The molecule has 0 atom stereocenters. The molecule has 4 aromatic heterocycles. The molecule has 0 aliphatic rings. The molecule has 6 nitrogen and oxygen atoms in total. The zero-order chi connectivity index (χ0) is 19.2. The number of fused-ring (bicyclic) bond motifs is 3. The van der Waals surface area contributed by atoms with Gasteiger partial charge in [-0.05, 0) is 48.0 Å². The molecule has 0 aliphatic carbocycles. The number of H-pyrrole nitrogens is 1. The van der Waals surface area contributed by atoms with E-state index in [0.29, 0.717) is 6.42 Å².